The van der Waals surface area contributed by atoms with Crippen LogP contribution in [0.3, 0.4) is 0 Å². The third-order valence-electron chi connectivity index (χ3n) is 9.90. The van der Waals surface area contributed by atoms with Gasteiger partial charge in [0.15, 0.2) is 0 Å². The van der Waals surface area contributed by atoms with E-state index in [1.807, 2.05) is 0 Å². The van der Waals surface area contributed by atoms with E-state index in [-0.39, 0.29) is 17.5 Å². The average Bonchev–Trinajstić information content (AvgIpc) is 3.05. The lowest BCUT2D eigenvalue weighted by Gasteiger charge is -2.58. The zero-order chi connectivity index (χ0) is 20.1. The molecule has 28 heavy (non-hydrogen) atoms. The maximum atomic E-state index is 11.6. The first-order chi connectivity index (χ1) is 13.3. The summed E-state index contributed by atoms with van der Waals surface area (Å²) < 4.78 is 4.85. The molecule has 3 fully saturated rings. The second-order valence-electron chi connectivity index (χ2n) is 10.9. The molecule has 1 N–H and O–H groups in total. The van der Waals surface area contributed by atoms with E-state index in [2.05, 4.69) is 26.8 Å². The summed E-state index contributed by atoms with van der Waals surface area (Å²) in [5, 5.41) is 11.5. The SMILES string of the molecule is COC(=O)CCC(C)C1CCC2C3=CCC4CCCCC4(C)C3CC(O)C21C. The van der Waals surface area contributed by atoms with Crippen LogP contribution >= 0.6 is 0 Å². The van der Waals surface area contributed by atoms with Gasteiger partial charge in [-0.3, -0.25) is 4.79 Å². The quantitative estimate of drug-likeness (QED) is 0.510. The normalized spacial score (nSPS) is 46.0. The number of ether oxygens (including phenoxy) is 1. The molecule has 8 unspecified atom stereocenters. The lowest BCUT2D eigenvalue weighted by molar-refractivity contribution is -0.141. The first-order valence-corrected chi connectivity index (χ1v) is 11.8. The van der Waals surface area contributed by atoms with Gasteiger partial charge in [0, 0.05) is 11.8 Å². The Labute approximate surface area is 171 Å². The fraction of sp³-hybridized carbons (Fsp3) is 0.880. The molecular formula is C25H40O3. The Bertz CT molecular complexity index is 640. The van der Waals surface area contributed by atoms with E-state index in [9.17, 15) is 9.90 Å². The molecule has 8 atom stereocenters. The minimum absolute atomic E-state index is 0.0320. The molecule has 4 aliphatic carbocycles. The summed E-state index contributed by atoms with van der Waals surface area (Å²) in [6, 6.07) is 0. The highest BCUT2D eigenvalue weighted by molar-refractivity contribution is 5.69. The zero-order valence-electron chi connectivity index (χ0n) is 18.4. The third-order valence-corrected chi connectivity index (χ3v) is 9.90. The summed E-state index contributed by atoms with van der Waals surface area (Å²) >= 11 is 0. The number of carbonyl (C=O) groups excluding carboxylic acids is 1. The maximum absolute atomic E-state index is 11.6. The van der Waals surface area contributed by atoms with Gasteiger partial charge in [0.25, 0.3) is 0 Å². The van der Waals surface area contributed by atoms with Crippen molar-refractivity contribution >= 4 is 5.97 Å². The minimum Gasteiger partial charge on any atom is -0.469 e. The molecule has 0 bridgehead atoms. The van der Waals surface area contributed by atoms with Crippen molar-refractivity contribution in [3.05, 3.63) is 11.6 Å². The molecule has 3 saturated carbocycles. The monoisotopic (exact) mass is 388 g/mol. The van der Waals surface area contributed by atoms with Crippen molar-refractivity contribution in [2.24, 2.45) is 40.4 Å². The molecule has 0 aromatic rings. The van der Waals surface area contributed by atoms with E-state index < -0.39 is 0 Å². The Kier molecular flexibility index (Phi) is 5.44. The van der Waals surface area contributed by atoms with Gasteiger partial charge in [0.05, 0.1) is 13.2 Å². The van der Waals surface area contributed by atoms with Crippen molar-refractivity contribution < 1.29 is 14.6 Å². The molecule has 0 radical (unpaired) electrons. The third kappa shape index (κ3) is 2.99. The average molecular weight is 389 g/mol. The Hall–Kier alpha value is -0.830. The number of hydrogen-bond acceptors (Lipinski definition) is 3. The van der Waals surface area contributed by atoms with Crippen molar-refractivity contribution in [2.45, 2.75) is 91.1 Å². The van der Waals surface area contributed by atoms with Crippen LogP contribution in [0.5, 0.6) is 0 Å². The van der Waals surface area contributed by atoms with Gasteiger partial charge in [-0.1, -0.05) is 45.3 Å². The number of carbonyl (C=O) groups is 1. The van der Waals surface area contributed by atoms with Crippen molar-refractivity contribution in [2.75, 3.05) is 7.11 Å². The molecule has 3 nitrogen and oxygen atoms in total. The van der Waals surface area contributed by atoms with Crippen molar-refractivity contribution in [3.63, 3.8) is 0 Å². The number of esters is 1. The van der Waals surface area contributed by atoms with Gasteiger partial charge in [-0.25, -0.2) is 0 Å². The highest BCUT2D eigenvalue weighted by Gasteiger charge is 2.61. The lowest BCUT2D eigenvalue weighted by atomic mass is 9.47. The van der Waals surface area contributed by atoms with Crippen LogP contribution in [-0.2, 0) is 9.53 Å². The second-order valence-corrected chi connectivity index (χ2v) is 10.9. The number of fused-ring (bicyclic) bond motifs is 5. The van der Waals surface area contributed by atoms with Gasteiger partial charge in [-0.2, -0.15) is 0 Å². The van der Waals surface area contributed by atoms with E-state index >= 15 is 0 Å². The summed E-state index contributed by atoms with van der Waals surface area (Å²) in [6.07, 6.45) is 13.8. The fourth-order valence-electron chi connectivity index (χ4n) is 8.12. The summed E-state index contributed by atoms with van der Waals surface area (Å²) in [7, 11) is 1.47. The van der Waals surface area contributed by atoms with Gasteiger partial charge >= 0.3 is 5.97 Å². The molecule has 158 valence electrons. The smallest absolute Gasteiger partial charge is 0.305 e. The highest BCUT2D eigenvalue weighted by Crippen LogP contribution is 2.66. The van der Waals surface area contributed by atoms with E-state index in [4.69, 9.17) is 4.74 Å². The number of allylic oxidation sites excluding steroid dienone is 2. The van der Waals surface area contributed by atoms with E-state index in [1.165, 1.54) is 52.1 Å². The van der Waals surface area contributed by atoms with Gasteiger partial charge < -0.3 is 9.84 Å². The Balaban J connectivity index is 1.58. The molecule has 4 aliphatic rings. The number of hydrogen-bond donors (Lipinski definition) is 1. The summed E-state index contributed by atoms with van der Waals surface area (Å²) in [5.41, 5.74) is 2.07. The Morgan fingerprint density at radius 2 is 2.04 bits per heavy atom. The predicted octanol–water partition coefficient (Wildman–Crippen LogP) is 5.52. The minimum atomic E-state index is -0.217. The topological polar surface area (TPSA) is 46.5 Å². The van der Waals surface area contributed by atoms with Crippen LogP contribution in [0.4, 0.5) is 0 Å². The van der Waals surface area contributed by atoms with Crippen molar-refractivity contribution in [3.8, 4) is 0 Å². The number of aliphatic hydroxyl groups is 1. The first kappa shape index (κ1) is 20.4. The number of rotatable bonds is 4. The van der Waals surface area contributed by atoms with Crippen LogP contribution in [-0.4, -0.2) is 24.3 Å². The van der Waals surface area contributed by atoms with E-state index in [0.29, 0.717) is 35.5 Å². The van der Waals surface area contributed by atoms with Gasteiger partial charge in [-0.15, -0.1) is 0 Å². The molecule has 0 aliphatic heterocycles. The molecule has 0 aromatic heterocycles. The molecule has 0 amide bonds. The highest BCUT2D eigenvalue weighted by atomic mass is 16.5. The molecule has 3 heteroatoms. The zero-order valence-corrected chi connectivity index (χ0v) is 18.4. The Morgan fingerprint density at radius 3 is 2.79 bits per heavy atom. The van der Waals surface area contributed by atoms with Crippen LogP contribution < -0.4 is 0 Å². The van der Waals surface area contributed by atoms with Crippen LogP contribution in [0.1, 0.15) is 85.0 Å². The van der Waals surface area contributed by atoms with E-state index in [0.717, 1.165) is 18.8 Å². The van der Waals surface area contributed by atoms with Crippen molar-refractivity contribution in [1.29, 1.82) is 0 Å². The molecule has 0 heterocycles. The summed E-state index contributed by atoms with van der Waals surface area (Å²) in [6.45, 7) is 7.18. The first-order valence-electron chi connectivity index (χ1n) is 11.8. The second kappa shape index (κ2) is 7.45. The van der Waals surface area contributed by atoms with Crippen LogP contribution in [0.15, 0.2) is 11.6 Å². The molecular weight excluding hydrogens is 348 g/mol. The van der Waals surface area contributed by atoms with Gasteiger partial charge in [0.1, 0.15) is 0 Å². The number of aliphatic hydroxyl groups excluding tert-OH is 1. The van der Waals surface area contributed by atoms with Crippen LogP contribution in [0.25, 0.3) is 0 Å². The van der Waals surface area contributed by atoms with Crippen LogP contribution in [0.2, 0.25) is 0 Å². The molecule has 0 aromatic carbocycles. The Morgan fingerprint density at radius 1 is 1.25 bits per heavy atom. The van der Waals surface area contributed by atoms with Crippen molar-refractivity contribution in [1.82, 2.24) is 0 Å². The summed E-state index contributed by atoms with van der Waals surface area (Å²) in [5.74, 6) is 2.78. The molecule has 4 rings (SSSR count). The van der Waals surface area contributed by atoms with Gasteiger partial charge in [0.2, 0.25) is 0 Å². The fourth-order valence-corrected chi connectivity index (χ4v) is 8.12. The summed E-state index contributed by atoms with van der Waals surface area (Å²) in [4.78, 5) is 11.6. The van der Waals surface area contributed by atoms with Crippen LogP contribution in [0, 0.1) is 40.4 Å². The molecule has 0 saturated heterocycles. The standard InChI is InChI=1S/C25H40O3/c1-16(8-13-23(27)28-4)19-11-12-20-18-10-9-17-7-5-6-14-24(17,2)21(18)15-22(26)25(19,20)3/h10,16-17,19-22,26H,5-9,11-15H2,1-4H3. The lowest BCUT2D eigenvalue weighted by Crippen LogP contribution is -2.54. The van der Waals surface area contributed by atoms with E-state index in [1.54, 1.807) is 5.57 Å². The van der Waals surface area contributed by atoms with Gasteiger partial charge in [-0.05, 0) is 80.0 Å². The predicted molar refractivity (Wildman–Crippen MR) is 112 cm³/mol. The molecule has 0 spiro atoms. The largest absolute Gasteiger partial charge is 0.469 e. The maximum Gasteiger partial charge on any atom is 0.305 e. The number of methoxy groups -OCH3 is 1.